The molecule has 1 amide bonds. The minimum absolute atomic E-state index is 0.000902. The van der Waals surface area contributed by atoms with Gasteiger partial charge >= 0.3 is 0 Å². The van der Waals surface area contributed by atoms with Gasteiger partial charge in [-0.1, -0.05) is 0 Å². The quantitative estimate of drug-likeness (QED) is 0.199. The monoisotopic (exact) mass is 489 g/mol. The summed E-state index contributed by atoms with van der Waals surface area (Å²) in [6.45, 7) is 13.8. The van der Waals surface area contributed by atoms with Crippen molar-refractivity contribution in [1.82, 2.24) is 0 Å². The summed E-state index contributed by atoms with van der Waals surface area (Å²) in [5.41, 5.74) is 8.73. The van der Waals surface area contributed by atoms with Gasteiger partial charge in [0, 0.05) is 25.4 Å². The van der Waals surface area contributed by atoms with Gasteiger partial charge in [-0.2, -0.15) is 0 Å². The number of hydrogen-bond donors (Lipinski definition) is 3. The van der Waals surface area contributed by atoms with Crippen LogP contribution < -0.4 is 10.6 Å². The van der Waals surface area contributed by atoms with E-state index in [1.165, 1.54) is 0 Å². The Labute approximate surface area is 203 Å². The van der Waals surface area contributed by atoms with Crippen LogP contribution in [-0.2, 0) is 9.47 Å². The van der Waals surface area contributed by atoms with E-state index in [1.54, 1.807) is 6.92 Å². The van der Waals surface area contributed by atoms with Crippen molar-refractivity contribution in [1.29, 1.82) is 0 Å². The fourth-order valence-corrected chi connectivity index (χ4v) is 4.16. The van der Waals surface area contributed by atoms with E-state index in [0.717, 1.165) is 35.6 Å². The van der Waals surface area contributed by atoms with Gasteiger partial charge in [-0.05, 0) is 49.6 Å². The number of nitrogens with two attached hydrogens (primary N) is 1. The van der Waals surface area contributed by atoms with Gasteiger partial charge in [-0.25, -0.2) is 4.85 Å². The number of primary amides is 1. The second-order valence-electron chi connectivity index (χ2n) is 7.37. The van der Waals surface area contributed by atoms with Crippen LogP contribution in [0, 0.1) is 20.4 Å². The summed E-state index contributed by atoms with van der Waals surface area (Å²) in [5, 5.41) is 27.0. The Bertz CT molecular complexity index is 1020. The molecule has 10 nitrogen and oxygen atoms in total. The highest BCUT2D eigenvalue weighted by Crippen LogP contribution is 2.41. The maximum atomic E-state index is 11.8. The Morgan fingerprint density at radius 1 is 1.12 bits per heavy atom. The molecule has 0 spiro atoms. The first-order valence-corrected chi connectivity index (χ1v) is 11.7. The molecule has 4 N–H and O–H groups in total. The van der Waals surface area contributed by atoms with Crippen LogP contribution in [0.3, 0.4) is 0 Å². The van der Waals surface area contributed by atoms with Crippen LogP contribution in [-0.4, -0.2) is 68.9 Å². The first-order valence-electron chi connectivity index (χ1n) is 10.9. The molecule has 0 radical (unpaired) electrons. The molecule has 0 bridgehead atoms. The molecular weight excluding hydrogens is 458 g/mol. The minimum Gasteiger partial charge on any atom is -0.394 e. The number of hydrogen-bond acceptors (Lipinski definition) is 9. The number of aliphatic hydroxyl groups excluding tert-OH is 2. The lowest BCUT2D eigenvalue weighted by Crippen LogP contribution is -2.29. The highest BCUT2D eigenvalue weighted by atomic mass is 32.1. The zero-order valence-electron chi connectivity index (χ0n) is 19.5. The van der Waals surface area contributed by atoms with Gasteiger partial charge in [0.05, 0.1) is 50.9 Å². The molecule has 1 aromatic carbocycles. The maximum absolute atomic E-state index is 11.8. The van der Waals surface area contributed by atoms with Crippen LogP contribution in [0.15, 0.2) is 28.4 Å². The zero-order valence-corrected chi connectivity index (χ0v) is 20.3. The summed E-state index contributed by atoms with van der Waals surface area (Å²) in [6, 6.07) is 5.77. The predicted octanol–water partition coefficient (Wildman–Crippen LogP) is 3.64. The smallest absolute Gasteiger partial charge is 0.250 e. The molecule has 0 aliphatic rings. The topological polar surface area (TPSA) is 134 Å². The van der Waals surface area contributed by atoms with Gasteiger partial charge < -0.3 is 30.3 Å². The Balaban J connectivity index is 2.18. The molecule has 34 heavy (non-hydrogen) atoms. The Morgan fingerprint density at radius 2 is 1.82 bits per heavy atom. The van der Waals surface area contributed by atoms with Crippen LogP contribution in [0.5, 0.6) is 0 Å². The van der Waals surface area contributed by atoms with Gasteiger partial charge in [0.2, 0.25) is 5.00 Å². The molecule has 1 aromatic heterocycles. The number of ether oxygens (including phenoxy) is 2. The van der Waals surface area contributed by atoms with Gasteiger partial charge in [-0.15, -0.1) is 21.6 Å². The zero-order chi connectivity index (χ0) is 24.9. The van der Waals surface area contributed by atoms with Crippen LogP contribution in [0.25, 0.3) is 4.85 Å². The molecular formula is C23H31N5O5S. The van der Waals surface area contributed by atoms with Crippen molar-refractivity contribution in [3.8, 4) is 0 Å². The average molecular weight is 490 g/mol. The van der Waals surface area contributed by atoms with Gasteiger partial charge in [0.15, 0.2) is 0 Å². The number of thiophene rings is 1. The molecule has 11 heteroatoms. The van der Waals surface area contributed by atoms with Crippen LogP contribution in [0.4, 0.5) is 21.4 Å². The number of anilines is 1. The standard InChI is InChI=1S/C23H31N5O5S/c1-16-15-18(28(8-12-33-14-10-30)7-4-11-32-13-9-29)5-6-19(16)26-27-23-20(21(24)31)17(2)22(25-3)34-23/h5-6,15,29-30H,4,7-14H2,1-2H3,(H2,24,31). The lowest BCUT2D eigenvalue weighted by molar-refractivity contribution is 0.0890. The van der Waals surface area contributed by atoms with Crippen LogP contribution in [0.1, 0.15) is 27.9 Å². The second kappa shape index (κ2) is 14.4. The highest BCUT2D eigenvalue weighted by molar-refractivity contribution is 7.20. The Hall–Kier alpha value is -2.88. The fourth-order valence-electron chi connectivity index (χ4n) is 3.24. The summed E-state index contributed by atoms with van der Waals surface area (Å²) in [4.78, 5) is 17.4. The lowest BCUT2D eigenvalue weighted by Gasteiger charge is -2.25. The van der Waals surface area contributed by atoms with E-state index >= 15 is 0 Å². The molecule has 0 aliphatic heterocycles. The van der Waals surface area contributed by atoms with E-state index in [9.17, 15) is 4.79 Å². The number of carbonyl (C=O) groups is 1. The number of azo groups is 1. The molecule has 0 atom stereocenters. The fraction of sp³-hybridized carbons (Fsp3) is 0.478. The van der Waals surface area contributed by atoms with Crippen LogP contribution in [0.2, 0.25) is 0 Å². The van der Waals surface area contributed by atoms with Crippen molar-refractivity contribution in [3.05, 3.63) is 46.3 Å². The molecule has 0 saturated carbocycles. The SMILES string of the molecule is [C-]#[N+]c1sc(N=Nc2ccc(N(CCCOCCO)CCOCCO)cc2C)c(C(N)=O)c1C. The minimum atomic E-state index is -0.633. The van der Waals surface area contributed by atoms with E-state index in [2.05, 4.69) is 20.0 Å². The Morgan fingerprint density at radius 3 is 2.44 bits per heavy atom. The second-order valence-corrected chi connectivity index (χ2v) is 8.35. The molecule has 0 fully saturated rings. The molecule has 1 heterocycles. The van der Waals surface area contributed by atoms with Crippen LogP contribution >= 0.6 is 11.3 Å². The van der Waals surface area contributed by atoms with Gasteiger partial charge in [-0.3, -0.25) is 4.79 Å². The summed E-state index contributed by atoms with van der Waals surface area (Å²) >= 11 is 1.09. The van der Waals surface area contributed by atoms with Crippen molar-refractivity contribution in [2.45, 2.75) is 20.3 Å². The van der Waals surface area contributed by atoms with E-state index in [4.69, 9.17) is 32.0 Å². The third kappa shape index (κ3) is 7.86. The van der Waals surface area contributed by atoms with Crippen molar-refractivity contribution < 1.29 is 24.5 Å². The summed E-state index contributed by atoms with van der Waals surface area (Å²) in [6.07, 6.45) is 0.775. The van der Waals surface area contributed by atoms with E-state index in [1.807, 2.05) is 25.1 Å². The summed E-state index contributed by atoms with van der Waals surface area (Å²) < 4.78 is 10.8. The van der Waals surface area contributed by atoms with Gasteiger partial charge in [0.25, 0.3) is 5.91 Å². The van der Waals surface area contributed by atoms with Crippen molar-refractivity contribution in [2.75, 3.05) is 57.6 Å². The maximum Gasteiger partial charge on any atom is 0.250 e. The number of carbonyl (C=O) groups excluding carboxylic acids is 1. The Kier molecular flexibility index (Phi) is 11.6. The number of aryl methyl sites for hydroxylation is 1. The molecule has 184 valence electrons. The molecule has 0 saturated heterocycles. The number of benzene rings is 1. The summed E-state index contributed by atoms with van der Waals surface area (Å²) in [7, 11) is 0. The first kappa shape index (κ1) is 27.4. The number of nitrogens with zero attached hydrogens (tertiary/aromatic N) is 4. The first-order chi connectivity index (χ1) is 16.4. The van der Waals surface area contributed by atoms with E-state index < -0.39 is 5.91 Å². The van der Waals surface area contributed by atoms with Crippen molar-refractivity contribution in [3.63, 3.8) is 0 Å². The lowest BCUT2D eigenvalue weighted by atomic mass is 10.1. The third-order valence-electron chi connectivity index (χ3n) is 4.94. The van der Waals surface area contributed by atoms with E-state index in [0.29, 0.717) is 47.6 Å². The predicted molar refractivity (Wildman–Crippen MR) is 132 cm³/mol. The average Bonchev–Trinajstić information content (AvgIpc) is 3.14. The van der Waals surface area contributed by atoms with Gasteiger partial charge in [0.1, 0.15) is 5.00 Å². The molecule has 2 rings (SSSR count). The highest BCUT2D eigenvalue weighted by Gasteiger charge is 2.19. The molecule has 0 unspecified atom stereocenters. The number of rotatable bonds is 15. The number of amides is 1. The van der Waals surface area contributed by atoms with Crippen molar-refractivity contribution >= 4 is 38.6 Å². The summed E-state index contributed by atoms with van der Waals surface area (Å²) in [5.74, 6) is -0.633. The van der Waals surface area contributed by atoms with E-state index in [-0.39, 0.29) is 25.4 Å². The normalized spacial score (nSPS) is 11.1. The molecule has 2 aromatic rings. The third-order valence-corrected chi connectivity index (χ3v) is 6.01. The number of aliphatic hydroxyl groups is 2. The van der Waals surface area contributed by atoms with Crippen molar-refractivity contribution in [2.24, 2.45) is 16.0 Å². The molecule has 0 aliphatic carbocycles. The largest absolute Gasteiger partial charge is 0.394 e.